The van der Waals surface area contributed by atoms with Gasteiger partial charge in [0.15, 0.2) is 5.75 Å². The first-order valence-corrected chi connectivity index (χ1v) is 2.76. The average Bonchev–Trinajstić information content (AvgIpc) is 1.95. The van der Waals surface area contributed by atoms with Crippen LogP contribution in [0.4, 0.5) is 5.69 Å². The number of nitrogen functional groups attached to an aromatic ring is 1. The number of aromatic amines is 1. The number of nitrogens with two attached hydrogens (primary N) is 1. The lowest BCUT2D eigenvalue weighted by Crippen LogP contribution is -2.10. The topological polar surface area (TPSA) is 68.1 Å². The molecule has 1 aromatic rings. The zero-order valence-electron chi connectivity index (χ0n) is 6.37. The van der Waals surface area contributed by atoms with Crippen molar-refractivity contribution in [1.29, 1.82) is 0 Å². The molecule has 12 heavy (non-hydrogen) atoms. The van der Waals surface area contributed by atoms with E-state index in [0.29, 0.717) is 0 Å². The first-order valence-electron chi connectivity index (χ1n) is 2.76. The van der Waals surface area contributed by atoms with Gasteiger partial charge < -0.3 is 15.5 Å². The van der Waals surface area contributed by atoms with Crippen LogP contribution in [0.5, 0.6) is 5.75 Å². The van der Waals surface area contributed by atoms with Gasteiger partial charge in [0.2, 0.25) is 5.43 Å². The summed E-state index contributed by atoms with van der Waals surface area (Å²) in [5.41, 5.74) is 5.16. The summed E-state index contributed by atoms with van der Waals surface area (Å²) in [6.07, 6.45) is 2.88. The summed E-state index contributed by atoms with van der Waals surface area (Å²) < 4.78 is 4.70. The van der Waals surface area contributed by atoms with E-state index < -0.39 is 0 Å². The Kier molecular flexibility index (Phi) is 6.55. The van der Waals surface area contributed by atoms with E-state index in [9.17, 15) is 4.79 Å². The molecule has 0 aliphatic carbocycles. The normalized spacial score (nSPS) is 7.75. The maximum absolute atomic E-state index is 10.9. The van der Waals surface area contributed by atoms with Crippen molar-refractivity contribution in [2.75, 3.05) is 12.8 Å². The molecule has 1 rings (SSSR count). The molecule has 0 spiro atoms. The Morgan fingerprint density at radius 1 is 1.42 bits per heavy atom. The molecule has 0 saturated heterocycles. The molecule has 0 bridgehead atoms. The molecule has 1 aromatic heterocycles. The third-order valence-electron chi connectivity index (χ3n) is 1.16. The zero-order valence-corrected chi connectivity index (χ0v) is 8.00. The predicted molar refractivity (Wildman–Crippen MR) is 52.5 cm³/mol. The maximum Gasteiger partial charge on any atom is 0.246 e. The quantitative estimate of drug-likeness (QED) is 0.725. The van der Waals surface area contributed by atoms with E-state index in [1.54, 1.807) is 0 Å². The molecular formula is C6H10Cl2N2O2. The van der Waals surface area contributed by atoms with Crippen molar-refractivity contribution in [3.8, 4) is 5.75 Å². The smallest absolute Gasteiger partial charge is 0.246 e. The van der Waals surface area contributed by atoms with Gasteiger partial charge >= 0.3 is 0 Å². The second-order valence-corrected chi connectivity index (χ2v) is 1.81. The highest BCUT2D eigenvalue weighted by molar-refractivity contribution is 5.85. The summed E-state index contributed by atoms with van der Waals surface area (Å²) >= 11 is 0. The first kappa shape index (κ1) is 13.7. The molecule has 0 aliphatic heterocycles. The molecule has 1 heterocycles. The lowest BCUT2D eigenvalue weighted by molar-refractivity contribution is 0.409. The average molecular weight is 213 g/mol. The van der Waals surface area contributed by atoms with E-state index in [-0.39, 0.29) is 41.7 Å². The number of H-pyrrole nitrogens is 1. The number of rotatable bonds is 1. The number of nitrogens with one attached hydrogen (secondary N) is 1. The van der Waals surface area contributed by atoms with E-state index in [1.165, 1.54) is 19.5 Å². The Morgan fingerprint density at radius 3 is 2.42 bits per heavy atom. The summed E-state index contributed by atoms with van der Waals surface area (Å²) in [7, 11) is 1.42. The van der Waals surface area contributed by atoms with Gasteiger partial charge in [0, 0.05) is 12.4 Å². The van der Waals surface area contributed by atoms with Crippen LogP contribution in [0.25, 0.3) is 0 Å². The zero-order chi connectivity index (χ0) is 7.56. The Bertz CT molecular complexity index is 287. The minimum atomic E-state index is -0.277. The number of pyridine rings is 1. The highest BCUT2D eigenvalue weighted by atomic mass is 35.5. The number of ether oxygens (including phenoxy) is 1. The number of methoxy groups -OCH3 is 1. The van der Waals surface area contributed by atoms with Gasteiger partial charge in [-0.25, -0.2) is 0 Å². The molecular weight excluding hydrogens is 203 g/mol. The second kappa shape index (κ2) is 5.74. The van der Waals surface area contributed by atoms with Gasteiger partial charge in [-0.1, -0.05) is 0 Å². The van der Waals surface area contributed by atoms with Gasteiger partial charge in [0.1, 0.15) is 0 Å². The Hall–Kier alpha value is -0.870. The molecule has 0 amide bonds. The van der Waals surface area contributed by atoms with E-state index >= 15 is 0 Å². The predicted octanol–water partition coefficient (Wildman–Crippen LogP) is 0.809. The van der Waals surface area contributed by atoms with Gasteiger partial charge in [-0.3, -0.25) is 4.79 Å². The standard InChI is InChI=1S/C6H8N2O2.2ClH/c1-10-5-3-8-2-4(7)6(5)9;;/h2-3H,7H2,1H3,(H,8,9);2*1H. The van der Waals surface area contributed by atoms with Crippen molar-refractivity contribution in [2.24, 2.45) is 0 Å². The SMILES string of the molecule is COc1c[nH]cc(N)c1=O.Cl.Cl. The molecule has 0 aliphatic rings. The third kappa shape index (κ3) is 2.64. The summed E-state index contributed by atoms with van der Waals surface area (Å²) in [4.78, 5) is 13.6. The van der Waals surface area contributed by atoms with Crippen molar-refractivity contribution in [2.45, 2.75) is 0 Å². The highest BCUT2D eigenvalue weighted by Gasteiger charge is 1.99. The molecule has 6 heteroatoms. The van der Waals surface area contributed by atoms with Crippen LogP contribution in [0.1, 0.15) is 0 Å². The molecule has 0 radical (unpaired) electrons. The largest absolute Gasteiger partial charge is 0.491 e. The fraction of sp³-hybridized carbons (Fsp3) is 0.167. The molecule has 0 aromatic carbocycles. The van der Waals surface area contributed by atoms with E-state index in [1.807, 2.05) is 0 Å². The third-order valence-corrected chi connectivity index (χ3v) is 1.16. The van der Waals surface area contributed by atoms with Gasteiger partial charge in [-0.05, 0) is 0 Å². The number of hydrogen-bond acceptors (Lipinski definition) is 3. The minimum absolute atomic E-state index is 0. The lowest BCUT2D eigenvalue weighted by Gasteiger charge is -1.97. The molecule has 3 N–H and O–H groups in total. The molecule has 70 valence electrons. The summed E-state index contributed by atoms with van der Waals surface area (Å²) in [6, 6.07) is 0. The van der Waals surface area contributed by atoms with Crippen molar-refractivity contribution in [3.63, 3.8) is 0 Å². The fourth-order valence-corrected chi connectivity index (χ4v) is 0.632. The Balaban J connectivity index is 0. The van der Waals surface area contributed by atoms with E-state index in [0.717, 1.165) is 0 Å². The van der Waals surface area contributed by atoms with E-state index in [4.69, 9.17) is 10.5 Å². The summed E-state index contributed by atoms with van der Waals surface area (Å²) in [5, 5.41) is 0. The minimum Gasteiger partial charge on any atom is -0.491 e. The van der Waals surface area contributed by atoms with Crippen LogP contribution in [-0.2, 0) is 0 Å². The van der Waals surface area contributed by atoms with Crippen molar-refractivity contribution in [1.82, 2.24) is 4.98 Å². The molecule has 0 saturated carbocycles. The highest BCUT2D eigenvalue weighted by Crippen LogP contribution is 2.00. The van der Waals surface area contributed by atoms with Gasteiger partial charge in [0.05, 0.1) is 12.8 Å². The van der Waals surface area contributed by atoms with Crippen LogP contribution < -0.4 is 15.9 Å². The van der Waals surface area contributed by atoms with Gasteiger partial charge in [-0.2, -0.15) is 0 Å². The van der Waals surface area contributed by atoms with Gasteiger partial charge in [-0.15, -0.1) is 24.8 Å². The number of aromatic nitrogens is 1. The maximum atomic E-state index is 10.9. The van der Waals surface area contributed by atoms with Crippen molar-refractivity contribution < 1.29 is 4.74 Å². The van der Waals surface area contributed by atoms with E-state index in [2.05, 4.69) is 4.98 Å². The Labute approximate surface area is 81.9 Å². The molecule has 0 atom stereocenters. The Morgan fingerprint density at radius 2 is 2.00 bits per heavy atom. The lowest BCUT2D eigenvalue weighted by atomic mass is 10.4. The first-order chi connectivity index (χ1) is 4.75. The van der Waals surface area contributed by atoms with Crippen LogP contribution in [0.15, 0.2) is 17.2 Å². The van der Waals surface area contributed by atoms with Crippen LogP contribution >= 0.6 is 24.8 Å². The molecule has 0 fully saturated rings. The van der Waals surface area contributed by atoms with Crippen LogP contribution in [-0.4, -0.2) is 12.1 Å². The molecule has 4 nitrogen and oxygen atoms in total. The number of hydrogen-bond donors (Lipinski definition) is 2. The fourth-order valence-electron chi connectivity index (χ4n) is 0.632. The molecule has 0 unspecified atom stereocenters. The number of halogens is 2. The van der Waals surface area contributed by atoms with Crippen LogP contribution in [0, 0.1) is 0 Å². The van der Waals surface area contributed by atoms with Crippen molar-refractivity contribution >= 4 is 30.5 Å². The number of anilines is 1. The van der Waals surface area contributed by atoms with Crippen molar-refractivity contribution in [3.05, 3.63) is 22.6 Å². The van der Waals surface area contributed by atoms with Gasteiger partial charge in [0.25, 0.3) is 0 Å². The monoisotopic (exact) mass is 212 g/mol. The summed E-state index contributed by atoms with van der Waals surface area (Å²) in [5.74, 6) is 0.236. The second-order valence-electron chi connectivity index (χ2n) is 1.81. The summed E-state index contributed by atoms with van der Waals surface area (Å²) in [6.45, 7) is 0. The van der Waals surface area contributed by atoms with Crippen LogP contribution in [0.2, 0.25) is 0 Å². The van der Waals surface area contributed by atoms with Crippen LogP contribution in [0.3, 0.4) is 0 Å².